The highest BCUT2D eigenvalue weighted by molar-refractivity contribution is 7.17. The Labute approximate surface area is 225 Å². The lowest BCUT2D eigenvalue weighted by atomic mass is 9.95. The zero-order valence-corrected chi connectivity index (χ0v) is 21.5. The Bertz CT molecular complexity index is 1540. The summed E-state index contributed by atoms with van der Waals surface area (Å²) in [6.07, 6.45) is 0. The summed E-state index contributed by atoms with van der Waals surface area (Å²) >= 11 is 0.863. The van der Waals surface area contributed by atoms with Crippen molar-refractivity contribution in [3.8, 4) is 11.5 Å². The van der Waals surface area contributed by atoms with Crippen LogP contribution in [0.3, 0.4) is 0 Å². The number of carbonyl (C=O) groups is 3. The number of benzene rings is 2. The second-order valence-electron chi connectivity index (χ2n) is 8.51. The number of Topliss-reactive ketones (excluding diaryl/α,β-unsaturated/α-hetero) is 1. The van der Waals surface area contributed by atoms with Gasteiger partial charge in [-0.15, -0.1) is 0 Å². The summed E-state index contributed by atoms with van der Waals surface area (Å²) in [7, 11) is 0. The van der Waals surface area contributed by atoms with Gasteiger partial charge in [0.25, 0.3) is 11.5 Å². The maximum Gasteiger partial charge on any atom is 0.350 e. The number of thiazole rings is 1. The SMILES string of the molecule is CCOC(=O)c1sc(N2C(=O)C(=O)/C(=C(/O)c3ccc4c(c3)OCCO4)C2c2ccc([N+](=O)[O-])cc2)nc1C. The van der Waals surface area contributed by atoms with Gasteiger partial charge in [0.15, 0.2) is 16.6 Å². The van der Waals surface area contributed by atoms with Crippen molar-refractivity contribution in [2.45, 2.75) is 19.9 Å². The molecule has 1 atom stereocenters. The fourth-order valence-corrected chi connectivity index (χ4v) is 5.33. The number of anilines is 1. The Morgan fingerprint density at radius 3 is 2.54 bits per heavy atom. The van der Waals surface area contributed by atoms with Crippen molar-refractivity contribution in [3.63, 3.8) is 0 Å². The van der Waals surface area contributed by atoms with Crippen LogP contribution in [0.4, 0.5) is 10.8 Å². The first-order valence-electron chi connectivity index (χ1n) is 11.8. The van der Waals surface area contributed by atoms with E-state index in [9.17, 15) is 29.6 Å². The van der Waals surface area contributed by atoms with Gasteiger partial charge in [-0.3, -0.25) is 24.6 Å². The molecule has 2 aliphatic rings. The Morgan fingerprint density at radius 2 is 1.87 bits per heavy atom. The van der Waals surface area contributed by atoms with Gasteiger partial charge in [-0.2, -0.15) is 0 Å². The molecule has 0 radical (unpaired) electrons. The van der Waals surface area contributed by atoms with Crippen molar-refractivity contribution in [3.05, 3.63) is 79.8 Å². The number of hydrogen-bond donors (Lipinski definition) is 1. The number of hydrogen-bond acceptors (Lipinski definition) is 11. The number of carbonyl (C=O) groups excluding carboxylic acids is 3. The lowest BCUT2D eigenvalue weighted by molar-refractivity contribution is -0.384. The predicted molar refractivity (Wildman–Crippen MR) is 138 cm³/mol. The van der Waals surface area contributed by atoms with Crippen LogP contribution >= 0.6 is 11.3 Å². The molecule has 1 fully saturated rings. The molecular formula is C26H21N3O9S. The van der Waals surface area contributed by atoms with Crippen LogP contribution in [0.1, 0.15) is 39.5 Å². The van der Waals surface area contributed by atoms with Crippen LogP contribution in [0.5, 0.6) is 11.5 Å². The standard InChI is InChI=1S/C26H21N3O9S/c1-3-36-25(33)23-13(2)27-26(39-23)28-20(14-4-7-16(8-5-14)29(34)35)19(22(31)24(28)32)21(30)15-6-9-17-18(12-15)38-11-10-37-17/h4-9,12,20,30H,3,10-11H2,1-2H3/b21-19+. The van der Waals surface area contributed by atoms with E-state index in [0.29, 0.717) is 36.0 Å². The molecule has 1 amide bonds. The van der Waals surface area contributed by atoms with Gasteiger partial charge in [-0.05, 0) is 49.7 Å². The molecule has 0 bridgehead atoms. The van der Waals surface area contributed by atoms with E-state index >= 15 is 0 Å². The lowest BCUT2D eigenvalue weighted by Gasteiger charge is -2.23. The van der Waals surface area contributed by atoms with Gasteiger partial charge >= 0.3 is 11.9 Å². The zero-order valence-electron chi connectivity index (χ0n) is 20.7. The molecule has 1 aromatic heterocycles. The smallest absolute Gasteiger partial charge is 0.350 e. The molecule has 13 heteroatoms. The third-order valence-electron chi connectivity index (χ3n) is 6.13. The number of esters is 1. The van der Waals surface area contributed by atoms with E-state index in [0.717, 1.165) is 16.2 Å². The number of fused-ring (bicyclic) bond motifs is 1. The number of nitrogens with zero attached hydrogens (tertiary/aromatic N) is 3. The summed E-state index contributed by atoms with van der Waals surface area (Å²) in [4.78, 5) is 55.4. The number of aliphatic hydroxyl groups excluding tert-OH is 1. The molecular weight excluding hydrogens is 530 g/mol. The minimum Gasteiger partial charge on any atom is -0.507 e. The molecule has 0 spiro atoms. The lowest BCUT2D eigenvalue weighted by Crippen LogP contribution is -2.29. The topological polar surface area (TPSA) is 158 Å². The van der Waals surface area contributed by atoms with Crippen molar-refractivity contribution in [1.82, 2.24) is 4.98 Å². The van der Waals surface area contributed by atoms with Gasteiger partial charge in [0.05, 0.1) is 28.8 Å². The second-order valence-corrected chi connectivity index (χ2v) is 9.49. The first-order chi connectivity index (χ1) is 18.7. The Morgan fingerprint density at radius 1 is 1.18 bits per heavy atom. The summed E-state index contributed by atoms with van der Waals surface area (Å²) < 4.78 is 16.2. The average molecular weight is 552 g/mol. The number of non-ortho nitro benzene ring substituents is 1. The van der Waals surface area contributed by atoms with Crippen LogP contribution in [0.25, 0.3) is 5.76 Å². The predicted octanol–water partition coefficient (Wildman–Crippen LogP) is 3.93. The molecule has 2 aliphatic heterocycles. The van der Waals surface area contributed by atoms with Crippen LogP contribution in [0.15, 0.2) is 48.0 Å². The number of aromatic nitrogens is 1. The van der Waals surface area contributed by atoms with Crippen LogP contribution in [0, 0.1) is 17.0 Å². The van der Waals surface area contributed by atoms with E-state index < -0.39 is 34.4 Å². The van der Waals surface area contributed by atoms with Gasteiger partial charge in [-0.25, -0.2) is 9.78 Å². The van der Waals surface area contributed by atoms with E-state index in [1.165, 1.54) is 36.4 Å². The summed E-state index contributed by atoms with van der Waals surface area (Å²) in [5.41, 5.74) is 0.356. The number of aryl methyl sites for hydroxylation is 1. The monoisotopic (exact) mass is 551 g/mol. The van der Waals surface area contributed by atoms with E-state index in [1.54, 1.807) is 19.9 Å². The van der Waals surface area contributed by atoms with Crippen LogP contribution < -0.4 is 14.4 Å². The maximum absolute atomic E-state index is 13.4. The molecule has 0 saturated carbocycles. The molecule has 1 N–H and O–H groups in total. The number of ketones is 1. The molecule has 3 aromatic rings. The molecule has 2 aromatic carbocycles. The van der Waals surface area contributed by atoms with E-state index in [1.807, 2.05) is 0 Å². The van der Waals surface area contributed by atoms with Crippen molar-refractivity contribution >= 4 is 45.6 Å². The van der Waals surface area contributed by atoms with Crippen molar-refractivity contribution in [2.24, 2.45) is 0 Å². The van der Waals surface area contributed by atoms with Crippen molar-refractivity contribution < 1.29 is 38.6 Å². The minimum absolute atomic E-state index is 0.0298. The Hall–Kier alpha value is -4.78. The van der Waals surface area contributed by atoms with Crippen molar-refractivity contribution in [2.75, 3.05) is 24.7 Å². The first kappa shape index (κ1) is 25.9. The quantitative estimate of drug-likeness (QED) is 0.119. The molecule has 0 aliphatic carbocycles. The van der Waals surface area contributed by atoms with Gasteiger partial charge < -0.3 is 19.3 Å². The highest BCUT2D eigenvalue weighted by atomic mass is 32.1. The molecule has 1 saturated heterocycles. The fraction of sp³-hybridized carbons (Fsp3) is 0.231. The van der Waals surface area contributed by atoms with Gasteiger partial charge in [0.2, 0.25) is 0 Å². The molecule has 200 valence electrons. The number of amides is 1. The summed E-state index contributed by atoms with van der Waals surface area (Å²) in [5, 5.41) is 22.6. The molecule has 3 heterocycles. The Kier molecular flexibility index (Phi) is 6.74. The molecule has 39 heavy (non-hydrogen) atoms. The summed E-state index contributed by atoms with van der Waals surface area (Å²) in [6, 6.07) is 8.66. The number of nitro benzene ring substituents is 1. The van der Waals surface area contributed by atoms with Crippen LogP contribution in [0.2, 0.25) is 0 Å². The normalized spacial score (nSPS) is 17.8. The molecule has 5 rings (SSSR count). The number of aliphatic hydroxyl groups is 1. The summed E-state index contributed by atoms with van der Waals surface area (Å²) in [6.45, 7) is 4.02. The second kappa shape index (κ2) is 10.2. The molecule has 12 nitrogen and oxygen atoms in total. The van der Waals surface area contributed by atoms with Crippen molar-refractivity contribution in [1.29, 1.82) is 0 Å². The average Bonchev–Trinajstić information content (AvgIpc) is 3.44. The highest BCUT2D eigenvalue weighted by Crippen LogP contribution is 2.45. The minimum atomic E-state index is -1.19. The first-order valence-corrected chi connectivity index (χ1v) is 12.6. The Balaban J connectivity index is 1.67. The maximum atomic E-state index is 13.4. The highest BCUT2D eigenvalue weighted by Gasteiger charge is 2.48. The number of ether oxygens (including phenoxy) is 3. The van der Waals surface area contributed by atoms with E-state index in [-0.39, 0.29) is 33.4 Å². The third-order valence-corrected chi connectivity index (χ3v) is 7.27. The largest absolute Gasteiger partial charge is 0.507 e. The van der Waals surface area contributed by atoms with Gasteiger partial charge in [0.1, 0.15) is 23.9 Å². The zero-order chi connectivity index (χ0) is 27.8. The third kappa shape index (κ3) is 4.56. The molecule has 1 unspecified atom stereocenters. The van der Waals surface area contributed by atoms with Crippen LogP contribution in [-0.4, -0.2) is 52.5 Å². The van der Waals surface area contributed by atoms with Gasteiger partial charge in [-0.1, -0.05) is 11.3 Å². The van der Waals surface area contributed by atoms with E-state index in [4.69, 9.17) is 14.2 Å². The number of nitro groups is 1. The fourth-order valence-electron chi connectivity index (χ4n) is 4.34. The number of rotatable bonds is 6. The van der Waals surface area contributed by atoms with E-state index in [2.05, 4.69) is 4.98 Å². The van der Waals surface area contributed by atoms with Crippen LogP contribution in [-0.2, 0) is 14.3 Å². The summed E-state index contributed by atoms with van der Waals surface area (Å²) in [5.74, 6) is -2.25. The van der Waals surface area contributed by atoms with Gasteiger partial charge in [0, 0.05) is 17.7 Å².